The van der Waals surface area contributed by atoms with Crippen molar-refractivity contribution in [1.82, 2.24) is 15.5 Å². The molecule has 1 saturated heterocycles. The molecule has 1 aliphatic heterocycles. The Kier molecular flexibility index (Phi) is 5.44. The number of likely N-dealkylation sites (N-methyl/N-ethyl adjacent to an activating group) is 1. The maximum absolute atomic E-state index is 11.9. The fourth-order valence-corrected chi connectivity index (χ4v) is 3.86. The second-order valence-corrected chi connectivity index (χ2v) is 6.81. The van der Waals surface area contributed by atoms with Crippen LogP contribution >= 0.6 is 0 Å². The van der Waals surface area contributed by atoms with Crippen LogP contribution in [0.5, 0.6) is 0 Å². The lowest BCUT2D eigenvalue weighted by molar-refractivity contribution is -0.123. The van der Waals surface area contributed by atoms with Crippen molar-refractivity contribution in [3.05, 3.63) is 0 Å². The molecule has 2 fully saturated rings. The van der Waals surface area contributed by atoms with Crippen LogP contribution in [-0.2, 0) is 4.79 Å². The van der Waals surface area contributed by atoms with E-state index < -0.39 is 0 Å². The van der Waals surface area contributed by atoms with E-state index >= 15 is 0 Å². The van der Waals surface area contributed by atoms with Crippen molar-refractivity contribution in [2.45, 2.75) is 65.1 Å². The predicted molar refractivity (Wildman–Crippen MR) is 82.6 cm³/mol. The molecule has 4 heteroatoms. The number of hydrogen-bond donors (Lipinski definition) is 2. The average Bonchev–Trinajstić information content (AvgIpc) is 2.38. The third kappa shape index (κ3) is 3.53. The number of nitrogens with one attached hydrogen (secondary N) is 2. The molecule has 0 aromatic carbocycles. The highest BCUT2D eigenvalue weighted by atomic mass is 16.2. The molecule has 0 aromatic heterocycles. The average molecular weight is 281 g/mol. The van der Waals surface area contributed by atoms with Crippen LogP contribution in [0.2, 0.25) is 0 Å². The van der Waals surface area contributed by atoms with Gasteiger partial charge in [0.2, 0.25) is 5.91 Å². The molecule has 2 N–H and O–H groups in total. The van der Waals surface area contributed by atoms with Crippen molar-refractivity contribution < 1.29 is 4.79 Å². The van der Waals surface area contributed by atoms with Crippen LogP contribution in [0.15, 0.2) is 0 Å². The summed E-state index contributed by atoms with van der Waals surface area (Å²) >= 11 is 0. The Morgan fingerprint density at radius 1 is 1.20 bits per heavy atom. The molecule has 2 aliphatic rings. The molecule has 3 unspecified atom stereocenters. The number of piperidine rings is 1. The van der Waals surface area contributed by atoms with Gasteiger partial charge >= 0.3 is 0 Å². The Morgan fingerprint density at radius 3 is 2.30 bits per heavy atom. The smallest absolute Gasteiger partial charge is 0.236 e. The van der Waals surface area contributed by atoms with E-state index in [-0.39, 0.29) is 11.9 Å². The summed E-state index contributed by atoms with van der Waals surface area (Å²) in [7, 11) is 0. The van der Waals surface area contributed by atoms with E-state index in [1.165, 1.54) is 32.4 Å². The molecular formula is C16H31N3O. The number of rotatable bonds is 5. The van der Waals surface area contributed by atoms with Gasteiger partial charge in [0.15, 0.2) is 0 Å². The molecule has 116 valence electrons. The third-order valence-electron chi connectivity index (χ3n) is 5.02. The van der Waals surface area contributed by atoms with E-state index in [0.29, 0.717) is 30.5 Å². The van der Waals surface area contributed by atoms with E-state index in [0.717, 1.165) is 0 Å². The van der Waals surface area contributed by atoms with Gasteiger partial charge in [0.05, 0.1) is 6.04 Å². The lowest BCUT2D eigenvalue weighted by Crippen LogP contribution is -2.61. The summed E-state index contributed by atoms with van der Waals surface area (Å²) in [5.74, 6) is 1.56. The summed E-state index contributed by atoms with van der Waals surface area (Å²) in [5.41, 5.74) is 0. The maximum Gasteiger partial charge on any atom is 0.236 e. The van der Waals surface area contributed by atoms with Gasteiger partial charge in [-0.25, -0.2) is 0 Å². The highest BCUT2D eigenvalue weighted by molar-refractivity contribution is 5.81. The number of likely N-dealkylation sites (tertiary alicyclic amines) is 1. The zero-order valence-corrected chi connectivity index (χ0v) is 13.5. The minimum absolute atomic E-state index is 0.0753. The van der Waals surface area contributed by atoms with Gasteiger partial charge in [0.25, 0.3) is 0 Å². The predicted octanol–water partition coefficient (Wildman–Crippen LogP) is 1.61. The Morgan fingerprint density at radius 2 is 1.80 bits per heavy atom. The van der Waals surface area contributed by atoms with Crippen molar-refractivity contribution in [2.24, 2.45) is 11.8 Å². The quantitative estimate of drug-likeness (QED) is 0.805. The number of nitrogens with zero attached hydrogens (tertiary/aromatic N) is 1. The zero-order valence-electron chi connectivity index (χ0n) is 13.5. The monoisotopic (exact) mass is 281 g/mol. The minimum atomic E-state index is -0.0753. The standard InChI is InChI=1S/C16H31N3O/c1-5-17-16(20)12(4)18-15-13-7-6-8-14(15)10-19(9-13)11(2)3/h11-15,18H,5-10H2,1-4H3,(H,17,20). The van der Waals surface area contributed by atoms with Crippen LogP contribution < -0.4 is 10.6 Å². The van der Waals surface area contributed by atoms with Crippen molar-refractivity contribution in [3.8, 4) is 0 Å². The van der Waals surface area contributed by atoms with Crippen LogP contribution in [0, 0.1) is 11.8 Å². The minimum Gasteiger partial charge on any atom is -0.355 e. The topological polar surface area (TPSA) is 44.4 Å². The summed E-state index contributed by atoms with van der Waals surface area (Å²) in [6.45, 7) is 11.6. The largest absolute Gasteiger partial charge is 0.355 e. The molecule has 1 heterocycles. The third-order valence-corrected chi connectivity index (χ3v) is 5.02. The lowest BCUT2D eigenvalue weighted by Gasteiger charge is -2.49. The molecule has 1 saturated carbocycles. The van der Waals surface area contributed by atoms with E-state index in [2.05, 4.69) is 29.4 Å². The SMILES string of the molecule is CCNC(=O)C(C)NC1C2CCCC1CN(C(C)C)C2. The van der Waals surface area contributed by atoms with E-state index in [1.807, 2.05) is 13.8 Å². The fourth-order valence-electron chi connectivity index (χ4n) is 3.86. The molecule has 1 amide bonds. The second-order valence-electron chi connectivity index (χ2n) is 6.81. The molecule has 0 aromatic rings. The number of amides is 1. The molecule has 20 heavy (non-hydrogen) atoms. The Labute approximate surface area is 123 Å². The number of carbonyl (C=O) groups is 1. The first-order valence-electron chi connectivity index (χ1n) is 8.30. The molecule has 0 spiro atoms. The molecular weight excluding hydrogens is 250 g/mol. The Balaban J connectivity index is 1.96. The summed E-state index contributed by atoms with van der Waals surface area (Å²) < 4.78 is 0. The summed E-state index contributed by atoms with van der Waals surface area (Å²) in [5, 5.41) is 6.54. The highest BCUT2D eigenvalue weighted by Crippen LogP contribution is 2.35. The van der Waals surface area contributed by atoms with Gasteiger partial charge in [-0.2, -0.15) is 0 Å². The van der Waals surface area contributed by atoms with Crippen molar-refractivity contribution >= 4 is 5.91 Å². The van der Waals surface area contributed by atoms with Crippen LogP contribution in [0.25, 0.3) is 0 Å². The Hall–Kier alpha value is -0.610. The summed E-state index contributed by atoms with van der Waals surface area (Å²) in [6, 6.07) is 1.09. The van der Waals surface area contributed by atoms with E-state index in [9.17, 15) is 4.79 Å². The van der Waals surface area contributed by atoms with Gasteiger partial charge in [-0.15, -0.1) is 0 Å². The molecule has 3 atom stereocenters. The summed E-state index contributed by atoms with van der Waals surface area (Å²) in [4.78, 5) is 14.5. The first kappa shape index (κ1) is 15.8. The molecule has 2 rings (SSSR count). The van der Waals surface area contributed by atoms with Crippen LogP contribution in [0.1, 0.15) is 47.0 Å². The van der Waals surface area contributed by atoms with Gasteiger partial charge in [0, 0.05) is 31.7 Å². The number of carbonyl (C=O) groups excluding carboxylic acids is 1. The highest BCUT2D eigenvalue weighted by Gasteiger charge is 2.40. The lowest BCUT2D eigenvalue weighted by atomic mass is 9.73. The maximum atomic E-state index is 11.9. The molecule has 4 nitrogen and oxygen atoms in total. The van der Waals surface area contributed by atoms with Gasteiger partial charge in [-0.05, 0) is 52.4 Å². The number of fused-ring (bicyclic) bond motifs is 2. The number of hydrogen-bond acceptors (Lipinski definition) is 3. The van der Waals surface area contributed by atoms with Gasteiger partial charge in [-0.1, -0.05) is 6.42 Å². The Bertz CT molecular complexity index is 318. The van der Waals surface area contributed by atoms with Crippen molar-refractivity contribution in [2.75, 3.05) is 19.6 Å². The molecule has 2 bridgehead atoms. The first-order valence-corrected chi connectivity index (χ1v) is 8.30. The second kappa shape index (κ2) is 6.90. The summed E-state index contributed by atoms with van der Waals surface area (Å²) in [6.07, 6.45) is 3.97. The van der Waals surface area contributed by atoms with Gasteiger partial charge < -0.3 is 15.5 Å². The van der Waals surface area contributed by atoms with E-state index in [1.54, 1.807) is 0 Å². The van der Waals surface area contributed by atoms with Crippen LogP contribution in [-0.4, -0.2) is 48.6 Å². The van der Waals surface area contributed by atoms with Gasteiger partial charge in [0.1, 0.15) is 0 Å². The normalized spacial score (nSPS) is 32.1. The molecule has 1 aliphatic carbocycles. The fraction of sp³-hybridized carbons (Fsp3) is 0.938. The van der Waals surface area contributed by atoms with Crippen LogP contribution in [0.3, 0.4) is 0 Å². The first-order chi connectivity index (χ1) is 9.52. The molecule has 0 radical (unpaired) electrons. The van der Waals surface area contributed by atoms with Crippen molar-refractivity contribution in [1.29, 1.82) is 0 Å². The zero-order chi connectivity index (χ0) is 14.7. The van der Waals surface area contributed by atoms with Crippen molar-refractivity contribution in [3.63, 3.8) is 0 Å². The van der Waals surface area contributed by atoms with Gasteiger partial charge in [-0.3, -0.25) is 4.79 Å². The van der Waals surface area contributed by atoms with Crippen LogP contribution in [0.4, 0.5) is 0 Å². The van der Waals surface area contributed by atoms with E-state index in [4.69, 9.17) is 0 Å².